The second-order valence-electron chi connectivity index (χ2n) is 6.25. The molecule has 1 fully saturated rings. The van der Waals surface area contributed by atoms with Crippen molar-refractivity contribution in [3.05, 3.63) is 36.5 Å². The molecule has 23 heavy (non-hydrogen) atoms. The fourth-order valence-corrected chi connectivity index (χ4v) is 4.19. The number of nitrogens with one attached hydrogen (secondary N) is 1. The number of hydrogen-bond donors (Lipinski definition) is 1. The molecule has 0 unspecified atom stereocenters. The minimum absolute atomic E-state index is 0.253. The first-order valence-electron chi connectivity index (χ1n) is 8.12. The first kappa shape index (κ1) is 16.4. The molecule has 0 aliphatic carbocycles. The number of aromatic nitrogens is 1. The minimum Gasteiger partial charge on any atom is -0.302 e. The highest BCUT2D eigenvalue weighted by molar-refractivity contribution is 7.89. The highest BCUT2D eigenvalue weighted by Gasteiger charge is 2.19. The van der Waals surface area contributed by atoms with E-state index in [9.17, 15) is 8.42 Å². The van der Waals surface area contributed by atoms with E-state index in [4.69, 9.17) is 0 Å². The molecule has 1 aliphatic rings. The van der Waals surface area contributed by atoms with Crippen LogP contribution in [0.3, 0.4) is 0 Å². The van der Waals surface area contributed by atoms with Crippen molar-refractivity contribution in [3.63, 3.8) is 0 Å². The molecule has 2 heterocycles. The number of rotatable bonds is 5. The van der Waals surface area contributed by atoms with Gasteiger partial charge in [-0.2, -0.15) is 0 Å². The predicted molar refractivity (Wildman–Crippen MR) is 91.8 cm³/mol. The Morgan fingerprint density at radius 2 is 1.96 bits per heavy atom. The summed E-state index contributed by atoms with van der Waals surface area (Å²) in [6.07, 6.45) is 4.01. The quantitative estimate of drug-likeness (QED) is 0.911. The van der Waals surface area contributed by atoms with Gasteiger partial charge in [-0.1, -0.05) is 25.1 Å². The molecule has 1 aliphatic heterocycles. The summed E-state index contributed by atoms with van der Waals surface area (Å²) in [5.74, 6) is 0.782. The molecular formula is C17H23N3O2S. The summed E-state index contributed by atoms with van der Waals surface area (Å²) in [5.41, 5.74) is 0.522. The van der Waals surface area contributed by atoms with E-state index in [1.165, 1.54) is 12.8 Å². The van der Waals surface area contributed by atoms with Crippen molar-refractivity contribution in [1.29, 1.82) is 0 Å². The van der Waals surface area contributed by atoms with Crippen LogP contribution in [0.1, 0.15) is 19.8 Å². The monoisotopic (exact) mass is 333 g/mol. The van der Waals surface area contributed by atoms with Crippen LogP contribution >= 0.6 is 0 Å². The molecule has 0 saturated carbocycles. The summed E-state index contributed by atoms with van der Waals surface area (Å²) >= 11 is 0. The van der Waals surface area contributed by atoms with Gasteiger partial charge in [0.2, 0.25) is 10.0 Å². The van der Waals surface area contributed by atoms with Gasteiger partial charge in [-0.15, -0.1) is 0 Å². The van der Waals surface area contributed by atoms with Gasteiger partial charge < -0.3 is 4.90 Å². The number of nitrogens with zero attached hydrogens (tertiary/aromatic N) is 2. The molecule has 1 saturated heterocycles. The van der Waals surface area contributed by atoms with E-state index in [1.54, 1.807) is 18.3 Å². The number of sulfonamides is 1. The van der Waals surface area contributed by atoms with Gasteiger partial charge in [0.05, 0.1) is 5.52 Å². The number of fused-ring (bicyclic) bond motifs is 1. The lowest BCUT2D eigenvalue weighted by atomic mass is 9.99. The maximum atomic E-state index is 12.6. The Morgan fingerprint density at radius 1 is 1.22 bits per heavy atom. The number of pyridine rings is 1. The Balaban J connectivity index is 1.67. The zero-order valence-corrected chi connectivity index (χ0v) is 14.2. The molecule has 3 rings (SSSR count). The normalized spacial score (nSPS) is 17.6. The maximum Gasteiger partial charge on any atom is 0.242 e. The Labute approximate surface area is 137 Å². The van der Waals surface area contributed by atoms with E-state index in [2.05, 4.69) is 21.5 Å². The molecule has 0 amide bonds. The average molecular weight is 333 g/mol. The first-order valence-corrected chi connectivity index (χ1v) is 9.60. The summed E-state index contributed by atoms with van der Waals surface area (Å²) in [4.78, 5) is 6.80. The standard InChI is InChI=1S/C17H23N3O2S/c1-14-7-11-20(12-8-14)13-10-19-23(21,22)16-6-2-4-15-5-3-9-18-17(15)16/h2-6,9,14,19H,7-8,10-13H2,1H3. The Hall–Kier alpha value is -1.50. The van der Waals surface area contributed by atoms with Gasteiger partial charge in [-0.3, -0.25) is 4.98 Å². The SMILES string of the molecule is CC1CCN(CCNS(=O)(=O)c2cccc3cccnc23)CC1. The van der Waals surface area contributed by atoms with Crippen molar-refractivity contribution in [2.45, 2.75) is 24.7 Å². The highest BCUT2D eigenvalue weighted by atomic mass is 32.2. The van der Waals surface area contributed by atoms with Crippen LogP contribution in [0.2, 0.25) is 0 Å². The summed E-state index contributed by atoms with van der Waals surface area (Å²) in [5, 5.41) is 0.834. The lowest BCUT2D eigenvalue weighted by molar-refractivity contribution is 0.195. The Bertz CT molecular complexity index is 763. The number of benzene rings is 1. The average Bonchev–Trinajstić information content (AvgIpc) is 2.56. The van der Waals surface area contributed by atoms with E-state index in [-0.39, 0.29) is 4.90 Å². The van der Waals surface area contributed by atoms with Crippen LogP contribution in [0.4, 0.5) is 0 Å². The van der Waals surface area contributed by atoms with Crippen molar-refractivity contribution in [3.8, 4) is 0 Å². The van der Waals surface area contributed by atoms with Crippen LogP contribution in [-0.2, 0) is 10.0 Å². The van der Waals surface area contributed by atoms with Crippen LogP contribution in [0.25, 0.3) is 10.9 Å². The molecular weight excluding hydrogens is 310 g/mol. The van der Waals surface area contributed by atoms with Crippen molar-refractivity contribution in [1.82, 2.24) is 14.6 Å². The molecule has 2 aromatic rings. The van der Waals surface area contributed by atoms with E-state index in [0.29, 0.717) is 12.1 Å². The third-order valence-corrected chi connectivity index (χ3v) is 5.97. The molecule has 0 atom stereocenters. The van der Waals surface area contributed by atoms with Gasteiger partial charge >= 0.3 is 0 Å². The first-order chi connectivity index (χ1) is 11.1. The van der Waals surface area contributed by atoms with Crippen LogP contribution < -0.4 is 4.72 Å². The second-order valence-corrected chi connectivity index (χ2v) is 7.99. The van der Waals surface area contributed by atoms with Crippen molar-refractivity contribution in [2.24, 2.45) is 5.92 Å². The van der Waals surface area contributed by atoms with E-state index < -0.39 is 10.0 Å². The third-order valence-electron chi connectivity index (χ3n) is 4.48. The van der Waals surface area contributed by atoms with E-state index >= 15 is 0 Å². The summed E-state index contributed by atoms with van der Waals surface area (Å²) in [6, 6.07) is 8.92. The van der Waals surface area contributed by atoms with Crippen molar-refractivity contribution < 1.29 is 8.42 Å². The van der Waals surface area contributed by atoms with Crippen LogP contribution in [-0.4, -0.2) is 44.5 Å². The van der Waals surface area contributed by atoms with Gasteiger partial charge in [0, 0.05) is 24.7 Å². The summed E-state index contributed by atoms with van der Waals surface area (Å²) < 4.78 is 27.9. The summed E-state index contributed by atoms with van der Waals surface area (Å²) in [6.45, 7) is 5.56. The fourth-order valence-electron chi connectivity index (χ4n) is 2.99. The number of para-hydroxylation sites is 1. The van der Waals surface area contributed by atoms with Gasteiger partial charge in [0.15, 0.2) is 0 Å². The Morgan fingerprint density at radius 3 is 2.74 bits per heavy atom. The van der Waals surface area contributed by atoms with Gasteiger partial charge in [0.25, 0.3) is 0 Å². The molecule has 1 aromatic heterocycles. The molecule has 1 aromatic carbocycles. The molecule has 124 valence electrons. The summed E-state index contributed by atoms with van der Waals surface area (Å²) in [7, 11) is -3.54. The van der Waals surface area contributed by atoms with Crippen LogP contribution in [0, 0.1) is 5.92 Å². The lowest BCUT2D eigenvalue weighted by Crippen LogP contribution is -2.39. The van der Waals surface area contributed by atoms with E-state index in [1.807, 2.05) is 18.2 Å². The maximum absolute atomic E-state index is 12.6. The zero-order valence-electron chi connectivity index (χ0n) is 13.4. The molecule has 0 radical (unpaired) electrons. The Kier molecular flexibility index (Phi) is 4.94. The van der Waals surface area contributed by atoms with Crippen LogP contribution in [0.5, 0.6) is 0 Å². The minimum atomic E-state index is -3.54. The largest absolute Gasteiger partial charge is 0.302 e. The third kappa shape index (κ3) is 3.88. The van der Waals surface area contributed by atoms with Crippen LogP contribution in [0.15, 0.2) is 41.4 Å². The predicted octanol–water partition coefficient (Wildman–Crippen LogP) is 2.25. The highest BCUT2D eigenvalue weighted by Crippen LogP contribution is 2.20. The molecule has 0 spiro atoms. The van der Waals surface area contributed by atoms with Gasteiger partial charge in [0.1, 0.15) is 4.90 Å². The molecule has 0 bridgehead atoms. The van der Waals surface area contributed by atoms with E-state index in [0.717, 1.165) is 30.9 Å². The van der Waals surface area contributed by atoms with Gasteiger partial charge in [-0.05, 0) is 44.0 Å². The zero-order chi connectivity index (χ0) is 16.3. The van der Waals surface area contributed by atoms with Gasteiger partial charge in [-0.25, -0.2) is 13.1 Å². The molecule has 1 N–H and O–H groups in total. The van der Waals surface area contributed by atoms with Crippen molar-refractivity contribution in [2.75, 3.05) is 26.2 Å². The smallest absolute Gasteiger partial charge is 0.242 e. The second kappa shape index (κ2) is 6.95. The number of piperidine rings is 1. The molecule has 6 heteroatoms. The number of hydrogen-bond acceptors (Lipinski definition) is 4. The number of likely N-dealkylation sites (tertiary alicyclic amines) is 1. The van der Waals surface area contributed by atoms with Crippen molar-refractivity contribution >= 4 is 20.9 Å². The fraction of sp³-hybridized carbons (Fsp3) is 0.471. The lowest BCUT2D eigenvalue weighted by Gasteiger charge is -2.30. The molecule has 5 nitrogen and oxygen atoms in total. The topological polar surface area (TPSA) is 62.3 Å².